The Labute approximate surface area is 114 Å². The van der Waals surface area contributed by atoms with Crippen LogP contribution in [0.15, 0.2) is 24.3 Å². The Morgan fingerprint density at radius 2 is 1.74 bits per heavy atom. The topological polar surface area (TPSA) is 46.3 Å². The Morgan fingerprint density at radius 1 is 1.11 bits per heavy atom. The highest BCUT2D eigenvalue weighted by Gasteiger charge is 2.33. The molecule has 1 heterocycles. The quantitative estimate of drug-likeness (QED) is 0.834. The molecule has 3 nitrogen and oxygen atoms in total. The SMILES string of the molecule is NC1CCCC1C(=O)N1CCc2ccccc2CC1. The van der Waals surface area contributed by atoms with Gasteiger partial charge in [0.05, 0.1) is 5.92 Å². The normalized spacial score (nSPS) is 26.9. The first-order valence-corrected chi connectivity index (χ1v) is 7.37. The first-order valence-electron chi connectivity index (χ1n) is 7.37. The van der Waals surface area contributed by atoms with Crippen LogP contribution in [0.3, 0.4) is 0 Å². The zero-order chi connectivity index (χ0) is 13.2. The summed E-state index contributed by atoms with van der Waals surface area (Å²) in [5.41, 5.74) is 8.86. The summed E-state index contributed by atoms with van der Waals surface area (Å²) in [7, 11) is 0. The number of hydrogen-bond donors (Lipinski definition) is 1. The van der Waals surface area contributed by atoms with Crippen molar-refractivity contribution in [2.75, 3.05) is 13.1 Å². The van der Waals surface area contributed by atoms with E-state index in [4.69, 9.17) is 5.73 Å². The van der Waals surface area contributed by atoms with Crippen LogP contribution in [0.5, 0.6) is 0 Å². The molecule has 1 fully saturated rings. The molecule has 1 amide bonds. The molecule has 1 aliphatic heterocycles. The Morgan fingerprint density at radius 3 is 2.26 bits per heavy atom. The summed E-state index contributed by atoms with van der Waals surface area (Å²) in [6, 6.07) is 8.62. The van der Waals surface area contributed by atoms with Gasteiger partial charge in [-0.25, -0.2) is 0 Å². The molecule has 1 aromatic rings. The van der Waals surface area contributed by atoms with E-state index in [1.54, 1.807) is 0 Å². The first kappa shape index (κ1) is 12.7. The maximum Gasteiger partial charge on any atom is 0.227 e. The van der Waals surface area contributed by atoms with Crippen LogP contribution in [0.25, 0.3) is 0 Å². The number of hydrogen-bond acceptors (Lipinski definition) is 2. The third-order valence-electron chi connectivity index (χ3n) is 4.62. The fourth-order valence-corrected chi connectivity index (χ4v) is 3.42. The second-order valence-corrected chi connectivity index (χ2v) is 5.80. The predicted octanol–water partition coefficient (Wildman–Crippen LogP) is 1.74. The van der Waals surface area contributed by atoms with Crippen LogP contribution in [0, 0.1) is 5.92 Å². The lowest BCUT2D eigenvalue weighted by Crippen LogP contribution is -2.42. The van der Waals surface area contributed by atoms with Crippen molar-refractivity contribution in [3.63, 3.8) is 0 Å². The first-order chi connectivity index (χ1) is 9.25. The van der Waals surface area contributed by atoms with Gasteiger partial charge in [0.1, 0.15) is 0 Å². The van der Waals surface area contributed by atoms with Gasteiger partial charge < -0.3 is 10.6 Å². The molecule has 2 aliphatic rings. The van der Waals surface area contributed by atoms with Gasteiger partial charge in [-0.15, -0.1) is 0 Å². The Hall–Kier alpha value is -1.35. The largest absolute Gasteiger partial charge is 0.342 e. The second kappa shape index (κ2) is 5.33. The average Bonchev–Trinajstić information content (AvgIpc) is 2.74. The Kier molecular flexibility index (Phi) is 3.56. The van der Waals surface area contributed by atoms with Crippen molar-refractivity contribution in [3.05, 3.63) is 35.4 Å². The summed E-state index contributed by atoms with van der Waals surface area (Å²) in [5.74, 6) is 0.360. The van der Waals surface area contributed by atoms with Crippen LogP contribution in [0.4, 0.5) is 0 Å². The number of carbonyl (C=O) groups excluding carboxylic acids is 1. The van der Waals surface area contributed by atoms with Gasteiger partial charge in [-0.05, 0) is 36.8 Å². The van der Waals surface area contributed by atoms with Gasteiger partial charge in [-0.2, -0.15) is 0 Å². The highest BCUT2D eigenvalue weighted by molar-refractivity contribution is 5.80. The summed E-state index contributed by atoms with van der Waals surface area (Å²) in [5, 5.41) is 0. The standard InChI is InChI=1S/C16H22N2O/c17-15-7-3-6-14(15)16(19)18-10-8-12-4-1-2-5-13(12)9-11-18/h1-2,4-5,14-15H,3,6-11,17H2. The molecule has 0 saturated heterocycles. The lowest BCUT2D eigenvalue weighted by molar-refractivity contribution is -0.135. The van der Waals surface area contributed by atoms with Crippen LogP contribution < -0.4 is 5.73 Å². The van der Waals surface area contributed by atoms with E-state index in [9.17, 15) is 4.79 Å². The average molecular weight is 258 g/mol. The van der Waals surface area contributed by atoms with E-state index in [2.05, 4.69) is 24.3 Å². The van der Waals surface area contributed by atoms with E-state index in [-0.39, 0.29) is 17.9 Å². The molecule has 3 rings (SSSR count). The predicted molar refractivity (Wildman–Crippen MR) is 75.7 cm³/mol. The third kappa shape index (κ3) is 2.52. The number of benzene rings is 1. The molecule has 0 bridgehead atoms. The van der Waals surface area contributed by atoms with Crippen LogP contribution >= 0.6 is 0 Å². The van der Waals surface area contributed by atoms with E-state index in [1.807, 2.05) is 4.90 Å². The van der Waals surface area contributed by atoms with Gasteiger partial charge in [0, 0.05) is 19.1 Å². The van der Waals surface area contributed by atoms with E-state index >= 15 is 0 Å². The monoisotopic (exact) mass is 258 g/mol. The van der Waals surface area contributed by atoms with E-state index in [1.165, 1.54) is 11.1 Å². The van der Waals surface area contributed by atoms with Crippen LogP contribution in [0.2, 0.25) is 0 Å². The zero-order valence-electron chi connectivity index (χ0n) is 11.3. The molecule has 19 heavy (non-hydrogen) atoms. The van der Waals surface area contributed by atoms with Gasteiger partial charge in [-0.1, -0.05) is 30.7 Å². The minimum absolute atomic E-state index is 0.0706. The molecule has 2 unspecified atom stereocenters. The van der Waals surface area contributed by atoms with Crippen molar-refractivity contribution in [2.24, 2.45) is 11.7 Å². The van der Waals surface area contributed by atoms with E-state index < -0.39 is 0 Å². The van der Waals surface area contributed by atoms with Gasteiger partial charge in [0.15, 0.2) is 0 Å². The summed E-state index contributed by atoms with van der Waals surface area (Å²) in [6.45, 7) is 1.69. The van der Waals surface area contributed by atoms with Crippen molar-refractivity contribution >= 4 is 5.91 Å². The fraction of sp³-hybridized carbons (Fsp3) is 0.562. The maximum absolute atomic E-state index is 12.6. The minimum atomic E-state index is 0.0706. The van der Waals surface area contributed by atoms with E-state index in [0.717, 1.165) is 45.2 Å². The number of rotatable bonds is 1. The van der Waals surface area contributed by atoms with Crippen molar-refractivity contribution in [1.29, 1.82) is 0 Å². The fourth-order valence-electron chi connectivity index (χ4n) is 3.42. The zero-order valence-corrected chi connectivity index (χ0v) is 11.3. The summed E-state index contributed by atoms with van der Waals surface area (Å²) < 4.78 is 0. The molecule has 1 aliphatic carbocycles. The molecule has 1 aromatic carbocycles. The highest BCUT2D eigenvalue weighted by Crippen LogP contribution is 2.27. The van der Waals surface area contributed by atoms with Gasteiger partial charge in [0.2, 0.25) is 5.91 Å². The molecule has 0 spiro atoms. The van der Waals surface area contributed by atoms with Crippen molar-refractivity contribution in [2.45, 2.75) is 38.1 Å². The molecule has 0 radical (unpaired) electrons. The lowest BCUT2D eigenvalue weighted by Gasteiger charge is -2.25. The molecule has 0 aromatic heterocycles. The minimum Gasteiger partial charge on any atom is -0.342 e. The van der Waals surface area contributed by atoms with Crippen LogP contribution in [0.1, 0.15) is 30.4 Å². The number of fused-ring (bicyclic) bond motifs is 1. The van der Waals surface area contributed by atoms with Crippen molar-refractivity contribution in [3.8, 4) is 0 Å². The second-order valence-electron chi connectivity index (χ2n) is 5.80. The van der Waals surface area contributed by atoms with Gasteiger partial charge >= 0.3 is 0 Å². The number of amides is 1. The number of nitrogens with two attached hydrogens (primary N) is 1. The molecule has 1 saturated carbocycles. The van der Waals surface area contributed by atoms with Gasteiger partial charge in [-0.3, -0.25) is 4.79 Å². The number of carbonyl (C=O) groups is 1. The molecule has 2 atom stereocenters. The molecule has 3 heteroatoms. The molecule has 102 valence electrons. The van der Waals surface area contributed by atoms with Gasteiger partial charge in [0.25, 0.3) is 0 Å². The summed E-state index contributed by atoms with van der Waals surface area (Å²) in [4.78, 5) is 14.6. The maximum atomic E-state index is 12.6. The van der Waals surface area contributed by atoms with Crippen LogP contribution in [-0.4, -0.2) is 29.9 Å². The summed E-state index contributed by atoms with van der Waals surface area (Å²) >= 11 is 0. The van der Waals surface area contributed by atoms with Crippen molar-refractivity contribution in [1.82, 2.24) is 4.90 Å². The molecule has 2 N–H and O–H groups in total. The lowest BCUT2D eigenvalue weighted by atomic mass is 10.0. The highest BCUT2D eigenvalue weighted by atomic mass is 16.2. The Bertz CT molecular complexity index is 445. The number of nitrogens with zero attached hydrogens (tertiary/aromatic N) is 1. The molecular weight excluding hydrogens is 236 g/mol. The van der Waals surface area contributed by atoms with Crippen molar-refractivity contribution < 1.29 is 4.79 Å². The summed E-state index contributed by atoms with van der Waals surface area (Å²) in [6.07, 6.45) is 5.04. The third-order valence-corrected chi connectivity index (χ3v) is 4.62. The smallest absolute Gasteiger partial charge is 0.227 e. The van der Waals surface area contributed by atoms with E-state index in [0.29, 0.717) is 0 Å². The molecular formula is C16H22N2O. The Balaban J connectivity index is 1.70. The van der Waals surface area contributed by atoms with Crippen LogP contribution in [-0.2, 0) is 17.6 Å².